The van der Waals surface area contributed by atoms with E-state index >= 15 is 0 Å². The third-order valence-electron chi connectivity index (χ3n) is 2.48. The first kappa shape index (κ1) is 18.3. The minimum absolute atomic E-state index is 1.00. The van der Waals surface area contributed by atoms with Crippen LogP contribution >= 0.6 is 0 Å². The van der Waals surface area contributed by atoms with Crippen LogP contribution in [0.4, 0.5) is 0 Å². The maximum absolute atomic E-state index is 6.48. The minimum Gasteiger partial charge on any atom is -0.436 e. The predicted octanol–water partition coefficient (Wildman–Crippen LogP) is 5.12. The summed E-state index contributed by atoms with van der Waals surface area (Å²) in [6, 6.07) is 1.00. The fourth-order valence-electron chi connectivity index (χ4n) is 2.05. The van der Waals surface area contributed by atoms with E-state index in [0.717, 1.165) is 6.04 Å². The molecule has 0 N–H and O–H groups in total. The molecule has 108 valence electrons. The molecule has 0 aromatic heterocycles. The van der Waals surface area contributed by atoms with Gasteiger partial charge in [0.15, 0.2) is 16.6 Å². The van der Waals surface area contributed by atoms with Gasteiger partial charge in [0.2, 0.25) is 0 Å². The lowest BCUT2D eigenvalue weighted by atomic mass is 10.2. The number of hydrogen-bond donors (Lipinski definition) is 0. The molecular weight excluding hydrogens is 272 g/mol. The van der Waals surface area contributed by atoms with Crippen LogP contribution in [0.1, 0.15) is 20.8 Å². The molecule has 5 heteroatoms. The molecule has 0 unspecified atom stereocenters. The molecule has 0 aliphatic carbocycles. The van der Waals surface area contributed by atoms with Crippen LogP contribution in [-0.4, -0.2) is 25.2 Å². The third-order valence-corrected chi connectivity index (χ3v) is 12.0. The van der Waals surface area contributed by atoms with Gasteiger partial charge < -0.3 is 8.23 Å². The second kappa shape index (κ2) is 6.17. The molecule has 0 saturated heterocycles. The van der Waals surface area contributed by atoms with Crippen molar-refractivity contribution >= 4 is 25.2 Å². The molecule has 0 fully saturated rings. The van der Waals surface area contributed by atoms with Crippen LogP contribution < -0.4 is 0 Å². The van der Waals surface area contributed by atoms with Gasteiger partial charge >= 0.3 is 8.56 Å². The highest BCUT2D eigenvalue weighted by molar-refractivity contribution is 6.87. The van der Waals surface area contributed by atoms with E-state index in [2.05, 4.69) is 66.6 Å². The quantitative estimate of drug-likeness (QED) is 0.501. The fraction of sp³-hybridized carbons (Fsp3) is 0.846. The highest BCUT2D eigenvalue weighted by Gasteiger charge is 2.40. The third kappa shape index (κ3) is 8.42. The Bertz CT molecular complexity index is 291. The summed E-state index contributed by atoms with van der Waals surface area (Å²) in [5, 5.41) is 0. The molecule has 2 nitrogen and oxygen atoms in total. The van der Waals surface area contributed by atoms with Gasteiger partial charge in [-0.15, -0.1) is 0 Å². The Kier molecular flexibility index (Phi) is 6.28. The summed E-state index contributed by atoms with van der Waals surface area (Å²) in [7, 11) is -5.20. The van der Waals surface area contributed by atoms with Crippen molar-refractivity contribution in [1.29, 1.82) is 0 Å². The van der Waals surface area contributed by atoms with E-state index in [1.54, 1.807) is 0 Å². The number of rotatable bonds is 6. The zero-order valence-corrected chi connectivity index (χ0v) is 17.0. The SMILES string of the molecule is CC(C)=C(C)C[Si](C)(O[Si](C)(C)C)O[Si](C)(C)C. The van der Waals surface area contributed by atoms with E-state index < -0.39 is 25.2 Å². The zero-order chi connectivity index (χ0) is 14.8. The lowest BCUT2D eigenvalue weighted by Gasteiger charge is -2.39. The number of hydrogen-bond acceptors (Lipinski definition) is 2. The predicted molar refractivity (Wildman–Crippen MR) is 89.3 cm³/mol. The zero-order valence-electron chi connectivity index (χ0n) is 14.0. The first-order chi connectivity index (χ1) is 7.74. The molecule has 0 aromatic rings. The van der Waals surface area contributed by atoms with Crippen LogP contribution in [-0.2, 0) is 8.23 Å². The summed E-state index contributed by atoms with van der Waals surface area (Å²) >= 11 is 0. The standard InChI is InChI=1S/C13H32O2Si3/c1-12(2)13(3)11-18(10,14-16(4,5)6)15-17(7,8)9/h11H2,1-10H3. The smallest absolute Gasteiger partial charge is 0.318 e. The van der Waals surface area contributed by atoms with Crippen molar-refractivity contribution in [3.63, 3.8) is 0 Å². The maximum Gasteiger partial charge on any atom is 0.318 e. The molecule has 18 heavy (non-hydrogen) atoms. The topological polar surface area (TPSA) is 18.5 Å². The Morgan fingerprint density at radius 3 is 1.28 bits per heavy atom. The molecule has 0 amide bonds. The van der Waals surface area contributed by atoms with Crippen LogP contribution in [0.3, 0.4) is 0 Å². The van der Waals surface area contributed by atoms with Crippen molar-refractivity contribution in [3.05, 3.63) is 11.1 Å². The van der Waals surface area contributed by atoms with Gasteiger partial charge in [0.1, 0.15) is 0 Å². The van der Waals surface area contributed by atoms with Crippen LogP contribution in [0.5, 0.6) is 0 Å². The highest BCUT2D eigenvalue weighted by atomic mass is 28.5. The van der Waals surface area contributed by atoms with Crippen molar-refractivity contribution < 1.29 is 8.23 Å². The van der Waals surface area contributed by atoms with Gasteiger partial charge in [-0.25, -0.2) is 0 Å². The Morgan fingerprint density at radius 2 is 1.06 bits per heavy atom. The van der Waals surface area contributed by atoms with E-state index in [4.69, 9.17) is 8.23 Å². The second-order valence-corrected chi connectivity index (χ2v) is 20.2. The van der Waals surface area contributed by atoms with E-state index in [1.165, 1.54) is 11.1 Å². The molecule has 0 radical (unpaired) electrons. The highest BCUT2D eigenvalue weighted by Crippen LogP contribution is 2.28. The van der Waals surface area contributed by atoms with Crippen LogP contribution in [0.2, 0.25) is 51.9 Å². The lowest BCUT2D eigenvalue weighted by Crippen LogP contribution is -2.52. The van der Waals surface area contributed by atoms with Gasteiger partial charge in [-0.05, 0) is 66.6 Å². The Labute approximate surface area is 117 Å². The summed E-state index contributed by atoms with van der Waals surface area (Å²) < 4.78 is 13.0. The molecule has 0 aromatic carbocycles. The van der Waals surface area contributed by atoms with Crippen molar-refractivity contribution in [2.75, 3.05) is 0 Å². The van der Waals surface area contributed by atoms with Gasteiger partial charge in [-0.1, -0.05) is 11.1 Å². The first-order valence-electron chi connectivity index (χ1n) is 6.77. The summed E-state index contributed by atoms with van der Waals surface area (Å²) in [4.78, 5) is 0. The Hall–Kier alpha value is 0.311. The van der Waals surface area contributed by atoms with Crippen molar-refractivity contribution in [2.45, 2.75) is 72.6 Å². The largest absolute Gasteiger partial charge is 0.436 e. The van der Waals surface area contributed by atoms with Gasteiger partial charge in [0, 0.05) is 6.04 Å². The first-order valence-corrected chi connectivity index (χ1v) is 16.1. The molecule has 0 bridgehead atoms. The Morgan fingerprint density at radius 1 is 0.722 bits per heavy atom. The average Bonchev–Trinajstić information content (AvgIpc) is 1.93. The van der Waals surface area contributed by atoms with E-state index in [9.17, 15) is 0 Å². The minimum atomic E-state index is -2.08. The molecule has 0 aliphatic rings. The monoisotopic (exact) mass is 304 g/mol. The second-order valence-electron chi connectivity index (χ2n) is 7.52. The summed E-state index contributed by atoms with van der Waals surface area (Å²) in [5.74, 6) is 0. The average molecular weight is 305 g/mol. The molecule has 0 aliphatic heterocycles. The Balaban J connectivity index is 5.11. The lowest BCUT2D eigenvalue weighted by molar-refractivity contribution is 0.388. The summed E-state index contributed by atoms with van der Waals surface area (Å²) in [6.45, 7) is 22.3. The molecule has 0 saturated carbocycles. The molecule has 0 atom stereocenters. The van der Waals surface area contributed by atoms with E-state index in [0.29, 0.717) is 0 Å². The van der Waals surface area contributed by atoms with Crippen molar-refractivity contribution in [3.8, 4) is 0 Å². The molecule has 0 rings (SSSR count). The molecule has 0 heterocycles. The van der Waals surface area contributed by atoms with Gasteiger partial charge in [0.05, 0.1) is 0 Å². The van der Waals surface area contributed by atoms with Crippen LogP contribution in [0.25, 0.3) is 0 Å². The maximum atomic E-state index is 6.48. The van der Waals surface area contributed by atoms with Gasteiger partial charge in [-0.3, -0.25) is 0 Å². The van der Waals surface area contributed by atoms with Crippen molar-refractivity contribution in [1.82, 2.24) is 0 Å². The number of allylic oxidation sites excluding steroid dienone is 2. The molecular formula is C13H32O2Si3. The van der Waals surface area contributed by atoms with E-state index in [1.807, 2.05) is 0 Å². The van der Waals surface area contributed by atoms with Crippen LogP contribution in [0.15, 0.2) is 11.1 Å². The van der Waals surface area contributed by atoms with Crippen molar-refractivity contribution in [2.24, 2.45) is 0 Å². The van der Waals surface area contributed by atoms with Crippen LogP contribution in [0, 0.1) is 0 Å². The fourth-order valence-corrected chi connectivity index (χ4v) is 14.8. The summed E-state index contributed by atoms with van der Waals surface area (Å²) in [5.41, 5.74) is 2.83. The van der Waals surface area contributed by atoms with E-state index in [-0.39, 0.29) is 0 Å². The van der Waals surface area contributed by atoms with Gasteiger partial charge in [-0.2, -0.15) is 0 Å². The summed E-state index contributed by atoms with van der Waals surface area (Å²) in [6.07, 6.45) is 0. The van der Waals surface area contributed by atoms with Gasteiger partial charge in [0.25, 0.3) is 0 Å². The normalized spacial score (nSPS) is 13.7. The molecule has 0 spiro atoms.